The topological polar surface area (TPSA) is 38.3 Å². The number of hydrogen-bond acceptors (Lipinski definition) is 3. The van der Waals surface area contributed by atoms with E-state index >= 15 is 0 Å². The molecule has 1 aliphatic heterocycles. The van der Waals surface area contributed by atoms with Gasteiger partial charge in [-0.05, 0) is 36.5 Å². The smallest absolute Gasteiger partial charge is 0.216 e. The van der Waals surface area contributed by atoms with Crippen molar-refractivity contribution in [2.75, 3.05) is 18.9 Å². The third-order valence-corrected chi connectivity index (χ3v) is 4.24. The van der Waals surface area contributed by atoms with Crippen LogP contribution in [-0.2, 0) is 4.79 Å². The molecule has 0 saturated heterocycles. The van der Waals surface area contributed by atoms with Crippen LogP contribution in [0.5, 0.6) is 5.75 Å². The molecule has 2 rings (SSSR count). The Morgan fingerprint density at radius 1 is 1.60 bits per heavy atom. The number of carbonyl (C=O) groups is 1. The number of rotatable bonds is 5. The average molecular weight is 289 g/mol. The third kappa shape index (κ3) is 3.94. The molecule has 1 heterocycles. The minimum absolute atomic E-state index is 0.0262. The maximum Gasteiger partial charge on any atom is 0.216 e. The summed E-state index contributed by atoms with van der Waals surface area (Å²) in [5.74, 6) is 4.74. The summed E-state index contributed by atoms with van der Waals surface area (Å²) in [5.41, 5.74) is 1.24. The Hall–Kier alpha value is -1.60. The third-order valence-electron chi connectivity index (χ3n) is 3.34. The van der Waals surface area contributed by atoms with Crippen molar-refractivity contribution >= 4 is 17.7 Å². The molecule has 106 valence electrons. The van der Waals surface area contributed by atoms with Crippen LogP contribution in [0.3, 0.4) is 0 Å². The van der Waals surface area contributed by atoms with Gasteiger partial charge in [0.2, 0.25) is 5.91 Å². The van der Waals surface area contributed by atoms with Crippen LogP contribution in [0.1, 0.15) is 31.2 Å². The molecule has 0 aromatic heterocycles. The largest absolute Gasteiger partial charge is 0.493 e. The fourth-order valence-electron chi connectivity index (χ4n) is 2.38. The zero-order valence-corrected chi connectivity index (χ0v) is 12.5. The number of benzene rings is 1. The van der Waals surface area contributed by atoms with Gasteiger partial charge in [0.25, 0.3) is 0 Å². The minimum Gasteiger partial charge on any atom is -0.493 e. The molecule has 0 radical (unpaired) electrons. The second-order valence-corrected chi connectivity index (χ2v) is 5.85. The van der Waals surface area contributed by atoms with E-state index in [2.05, 4.69) is 29.4 Å². The van der Waals surface area contributed by atoms with Gasteiger partial charge < -0.3 is 10.1 Å². The van der Waals surface area contributed by atoms with Gasteiger partial charge in [0.05, 0.1) is 12.4 Å². The fourth-order valence-corrected chi connectivity index (χ4v) is 2.99. The van der Waals surface area contributed by atoms with E-state index < -0.39 is 0 Å². The van der Waals surface area contributed by atoms with Crippen LogP contribution < -0.4 is 10.1 Å². The van der Waals surface area contributed by atoms with E-state index in [1.807, 2.05) is 0 Å². The summed E-state index contributed by atoms with van der Waals surface area (Å²) in [7, 11) is 0. The van der Waals surface area contributed by atoms with Gasteiger partial charge in [-0.2, -0.15) is 0 Å². The van der Waals surface area contributed by atoms with Crippen molar-refractivity contribution in [1.82, 2.24) is 5.32 Å². The molecule has 1 aromatic rings. The zero-order chi connectivity index (χ0) is 14.4. The standard InChI is InChI=1S/C16H19NO2S/c1-3-10-20-14-4-5-15-13(6-8-17-12(2)18)7-9-19-16(15)11-14/h1,4-5,11,13H,6-10H2,2H3,(H,17,18). The summed E-state index contributed by atoms with van der Waals surface area (Å²) in [4.78, 5) is 12.1. The van der Waals surface area contributed by atoms with E-state index in [4.69, 9.17) is 11.2 Å². The highest BCUT2D eigenvalue weighted by Gasteiger charge is 2.21. The summed E-state index contributed by atoms with van der Waals surface area (Å²) in [6.45, 7) is 3.00. The normalized spacial score (nSPS) is 16.7. The van der Waals surface area contributed by atoms with Crippen molar-refractivity contribution in [1.29, 1.82) is 0 Å². The molecule has 0 bridgehead atoms. The van der Waals surface area contributed by atoms with Crippen LogP contribution in [0.15, 0.2) is 23.1 Å². The highest BCUT2D eigenvalue weighted by atomic mass is 32.2. The summed E-state index contributed by atoms with van der Waals surface area (Å²) >= 11 is 1.64. The van der Waals surface area contributed by atoms with Crippen LogP contribution in [0.25, 0.3) is 0 Å². The van der Waals surface area contributed by atoms with Gasteiger partial charge in [-0.1, -0.05) is 12.0 Å². The molecule has 1 N–H and O–H groups in total. The first kappa shape index (κ1) is 14.8. The molecule has 20 heavy (non-hydrogen) atoms. The van der Waals surface area contributed by atoms with Crippen molar-refractivity contribution in [3.8, 4) is 18.1 Å². The van der Waals surface area contributed by atoms with Gasteiger partial charge in [-0.25, -0.2) is 0 Å². The van der Waals surface area contributed by atoms with Crippen molar-refractivity contribution < 1.29 is 9.53 Å². The molecule has 4 heteroatoms. The van der Waals surface area contributed by atoms with E-state index in [-0.39, 0.29) is 5.91 Å². The van der Waals surface area contributed by atoms with Gasteiger partial charge in [0.15, 0.2) is 0 Å². The molecular weight excluding hydrogens is 270 g/mol. The Labute approximate surface area is 124 Å². The Balaban J connectivity index is 2.03. The van der Waals surface area contributed by atoms with Crippen molar-refractivity contribution in [2.45, 2.75) is 30.6 Å². The maximum atomic E-state index is 10.9. The summed E-state index contributed by atoms with van der Waals surface area (Å²) in [6, 6.07) is 6.30. The average Bonchev–Trinajstić information content (AvgIpc) is 2.44. The number of thioether (sulfide) groups is 1. The first-order valence-corrected chi connectivity index (χ1v) is 7.76. The molecule has 1 atom stereocenters. The zero-order valence-electron chi connectivity index (χ0n) is 11.6. The summed E-state index contributed by atoms with van der Waals surface area (Å²) < 4.78 is 5.75. The number of amides is 1. The quantitative estimate of drug-likeness (QED) is 0.669. The van der Waals surface area contributed by atoms with Crippen LogP contribution in [0.4, 0.5) is 0 Å². The van der Waals surface area contributed by atoms with Crippen molar-refractivity contribution in [2.24, 2.45) is 0 Å². The maximum absolute atomic E-state index is 10.9. The molecule has 0 saturated carbocycles. The van der Waals surface area contributed by atoms with E-state index in [9.17, 15) is 4.79 Å². The molecular formula is C16H19NO2S. The Kier molecular flexibility index (Phi) is 5.37. The number of nitrogens with one attached hydrogen (secondary N) is 1. The van der Waals surface area contributed by atoms with Gasteiger partial charge in [-0.15, -0.1) is 18.2 Å². The molecule has 0 spiro atoms. The van der Waals surface area contributed by atoms with Gasteiger partial charge in [-0.3, -0.25) is 4.79 Å². The van der Waals surface area contributed by atoms with Crippen LogP contribution in [0.2, 0.25) is 0 Å². The number of ether oxygens (including phenoxy) is 1. The van der Waals surface area contributed by atoms with E-state index in [0.717, 1.165) is 30.1 Å². The summed E-state index contributed by atoms with van der Waals surface area (Å²) in [5, 5.41) is 2.86. The lowest BCUT2D eigenvalue weighted by atomic mass is 9.90. The minimum atomic E-state index is 0.0262. The lowest BCUT2D eigenvalue weighted by molar-refractivity contribution is -0.118. The van der Waals surface area contributed by atoms with E-state index in [1.165, 1.54) is 5.56 Å². The van der Waals surface area contributed by atoms with Crippen molar-refractivity contribution in [3.05, 3.63) is 23.8 Å². The molecule has 0 fully saturated rings. The number of carbonyl (C=O) groups excluding carboxylic acids is 1. The van der Waals surface area contributed by atoms with Crippen LogP contribution >= 0.6 is 11.8 Å². The number of fused-ring (bicyclic) bond motifs is 1. The summed E-state index contributed by atoms with van der Waals surface area (Å²) in [6.07, 6.45) is 7.23. The van der Waals surface area contributed by atoms with Gasteiger partial charge >= 0.3 is 0 Å². The molecule has 3 nitrogen and oxygen atoms in total. The Morgan fingerprint density at radius 3 is 3.20 bits per heavy atom. The van der Waals surface area contributed by atoms with E-state index in [0.29, 0.717) is 18.2 Å². The van der Waals surface area contributed by atoms with Crippen molar-refractivity contribution in [3.63, 3.8) is 0 Å². The lowest BCUT2D eigenvalue weighted by Crippen LogP contribution is -2.24. The fraction of sp³-hybridized carbons (Fsp3) is 0.438. The lowest BCUT2D eigenvalue weighted by Gasteiger charge is -2.26. The number of terminal acetylenes is 1. The van der Waals surface area contributed by atoms with Gasteiger partial charge in [0, 0.05) is 18.4 Å². The van der Waals surface area contributed by atoms with Crippen LogP contribution in [-0.4, -0.2) is 24.8 Å². The highest BCUT2D eigenvalue weighted by Crippen LogP contribution is 2.37. The molecule has 1 aromatic carbocycles. The first-order chi connectivity index (χ1) is 9.70. The number of hydrogen-bond donors (Lipinski definition) is 1. The SMILES string of the molecule is C#CCSc1ccc2c(c1)OCCC2CCNC(C)=O. The predicted octanol–water partition coefficient (Wildman–Crippen LogP) is 2.80. The highest BCUT2D eigenvalue weighted by molar-refractivity contribution is 7.99. The van der Waals surface area contributed by atoms with Crippen LogP contribution in [0, 0.1) is 12.3 Å². The second kappa shape index (κ2) is 7.25. The molecule has 0 aliphatic carbocycles. The van der Waals surface area contributed by atoms with Gasteiger partial charge in [0.1, 0.15) is 5.75 Å². The Morgan fingerprint density at radius 2 is 2.45 bits per heavy atom. The molecule has 1 amide bonds. The second-order valence-electron chi connectivity index (χ2n) is 4.80. The Bertz CT molecular complexity index is 522. The molecule has 1 aliphatic rings. The predicted molar refractivity (Wildman–Crippen MR) is 82.2 cm³/mol. The first-order valence-electron chi connectivity index (χ1n) is 6.78. The van der Waals surface area contributed by atoms with E-state index in [1.54, 1.807) is 18.7 Å². The monoisotopic (exact) mass is 289 g/mol. The molecule has 1 unspecified atom stereocenters.